The number of hydrogen-bond donors (Lipinski definition) is 1. The van der Waals surface area contributed by atoms with Gasteiger partial charge in [0.2, 0.25) is 0 Å². The Balaban J connectivity index is 2.65. The van der Waals surface area contributed by atoms with Gasteiger partial charge in [0.15, 0.2) is 5.94 Å². The first-order chi connectivity index (χ1) is 9.25. The summed E-state index contributed by atoms with van der Waals surface area (Å²) in [6, 6.07) is -0.730. The molecule has 0 saturated carbocycles. The highest BCUT2D eigenvalue weighted by Crippen LogP contribution is 2.51. The molecule has 1 unspecified atom stereocenters. The Morgan fingerprint density at radius 2 is 1.85 bits per heavy atom. The van der Waals surface area contributed by atoms with Gasteiger partial charge in [0, 0.05) is 0 Å². The van der Waals surface area contributed by atoms with Gasteiger partial charge in [-0.25, -0.2) is 9.59 Å². The third-order valence-electron chi connectivity index (χ3n) is 2.32. The second-order valence-electron chi connectivity index (χ2n) is 4.98. The van der Waals surface area contributed by atoms with Gasteiger partial charge in [0.25, 0.3) is 5.88 Å². The SMILES string of the molecule is CC(C)OP(=O)(CCC1NC(=C=O)OC1=O)OC(C)C. The van der Waals surface area contributed by atoms with Crippen LogP contribution < -0.4 is 5.32 Å². The van der Waals surface area contributed by atoms with Gasteiger partial charge in [-0.2, -0.15) is 0 Å². The summed E-state index contributed by atoms with van der Waals surface area (Å²) in [6.07, 6.45) is -0.273. The molecule has 0 aliphatic carbocycles. The summed E-state index contributed by atoms with van der Waals surface area (Å²) in [4.78, 5) is 21.8. The molecule has 7 nitrogen and oxygen atoms in total. The van der Waals surface area contributed by atoms with E-state index in [0.29, 0.717) is 0 Å². The first-order valence-corrected chi connectivity index (χ1v) is 8.17. The quantitative estimate of drug-likeness (QED) is 0.434. The summed E-state index contributed by atoms with van der Waals surface area (Å²) in [7, 11) is -3.29. The van der Waals surface area contributed by atoms with Gasteiger partial charge in [-0.1, -0.05) is 0 Å². The lowest BCUT2D eigenvalue weighted by atomic mass is 10.2. The molecule has 0 aromatic rings. The fourth-order valence-corrected chi connectivity index (χ4v) is 3.84. The molecule has 1 aliphatic rings. The van der Waals surface area contributed by atoms with Crippen LogP contribution in [0.5, 0.6) is 0 Å². The first kappa shape index (κ1) is 16.9. The molecule has 114 valence electrons. The van der Waals surface area contributed by atoms with Crippen LogP contribution in [-0.2, 0) is 27.9 Å². The van der Waals surface area contributed by atoms with Crippen molar-refractivity contribution in [3.63, 3.8) is 0 Å². The normalized spacial score (nSPS) is 19.2. The number of hydrogen-bond acceptors (Lipinski definition) is 7. The number of rotatable bonds is 7. The molecule has 1 atom stereocenters. The van der Waals surface area contributed by atoms with Crippen LogP contribution in [0, 0.1) is 0 Å². The van der Waals surface area contributed by atoms with Gasteiger partial charge in [-0.15, -0.1) is 0 Å². The number of esters is 1. The number of nitrogens with one attached hydrogen (secondary N) is 1. The number of cyclic esters (lactones) is 1. The third kappa shape index (κ3) is 5.10. The zero-order chi connectivity index (χ0) is 15.3. The van der Waals surface area contributed by atoms with Crippen LogP contribution in [0.2, 0.25) is 0 Å². The van der Waals surface area contributed by atoms with Gasteiger partial charge in [-0.3, -0.25) is 4.57 Å². The van der Waals surface area contributed by atoms with Crippen molar-refractivity contribution in [2.45, 2.75) is 52.4 Å². The van der Waals surface area contributed by atoms with E-state index in [9.17, 15) is 14.2 Å². The highest BCUT2D eigenvalue weighted by molar-refractivity contribution is 7.53. The van der Waals surface area contributed by atoms with E-state index in [0.717, 1.165) is 0 Å². The second kappa shape index (κ2) is 7.04. The molecule has 0 bridgehead atoms. The Bertz CT molecular complexity index is 441. The van der Waals surface area contributed by atoms with Crippen molar-refractivity contribution in [1.29, 1.82) is 0 Å². The zero-order valence-electron chi connectivity index (χ0n) is 12.0. The lowest BCUT2D eigenvalue weighted by Gasteiger charge is -2.23. The first-order valence-electron chi connectivity index (χ1n) is 6.45. The van der Waals surface area contributed by atoms with Crippen LogP contribution in [0.1, 0.15) is 34.1 Å². The van der Waals surface area contributed by atoms with Crippen LogP contribution >= 0.6 is 7.60 Å². The van der Waals surface area contributed by atoms with Gasteiger partial charge in [0.05, 0.1) is 18.4 Å². The summed E-state index contributed by atoms with van der Waals surface area (Å²) in [5.74, 6) is 0.627. The maximum absolute atomic E-state index is 12.5. The van der Waals surface area contributed by atoms with E-state index in [4.69, 9.17) is 9.05 Å². The maximum Gasteiger partial charge on any atom is 0.335 e. The molecule has 0 spiro atoms. The van der Waals surface area contributed by atoms with E-state index in [1.54, 1.807) is 27.7 Å². The van der Waals surface area contributed by atoms with Crippen LogP contribution in [0.15, 0.2) is 5.88 Å². The largest absolute Gasteiger partial charge is 0.397 e. The summed E-state index contributed by atoms with van der Waals surface area (Å²) < 4.78 is 27.9. The topological polar surface area (TPSA) is 90.9 Å². The van der Waals surface area contributed by atoms with Crippen LogP contribution in [0.3, 0.4) is 0 Å². The lowest BCUT2D eigenvalue weighted by Crippen LogP contribution is -2.28. The van der Waals surface area contributed by atoms with Crippen LogP contribution in [0.25, 0.3) is 0 Å². The standard InChI is InChI=1S/C12H20NO6P/c1-8(2)18-20(16,19-9(3)4)6-5-10-12(15)17-11(7-14)13-10/h8-10,13H,5-6H2,1-4H3. The van der Waals surface area contributed by atoms with Crippen molar-refractivity contribution in [1.82, 2.24) is 5.32 Å². The Kier molecular flexibility index (Phi) is 5.96. The fraction of sp³-hybridized carbons (Fsp3) is 0.750. The molecule has 0 amide bonds. The van der Waals surface area contributed by atoms with E-state index < -0.39 is 19.6 Å². The van der Waals surface area contributed by atoms with Crippen LogP contribution in [0.4, 0.5) is 0 Å². The Morgan fingerprint density at radius 3 is 2.25 bits per heavy atom. The monoisotopic (exact) mass is 305 g/mol. The molecule has 1 heterocycles. The molecule has 1 aliphatic heterocycles. The molecule has 8 heteroatoms. The fourth-order valence-electron chi connectivity index (χ4n) is 1.72. The van der Waals surface area contributed by atoms with Crippen molar-refractivity contribution in [2.24, 2.45) is 0 Å². The van der Waals surface area contributed by atoms with E-state index >= 15 is 0 Å². The number of ether oxygens (including phenoxy) is 1. The van der Waals surface area contributed by atoms with E-state index in [-0.39, 0.29) is 30.7 Å². The van der Waals surface area contributed by atoms with E-state index in [2.05, 4.69) is 10.1 Å². The second-order valence-corrected chi connectivity index (χ2v) is 7.07. The molecular weight excluding hydrogens is 285 g/mol. The van der Waals surface area contributed by atoms with E-state index in [1.165, 1.54) is 5.94 Å². The molecular formula is C12H20NO6P. The summed E-state index contributed by atoms with van der Waals surface area (Å²) in [5.41, 5.74) is 0. The minimum Gasteiger partial charge on any atom is -0.397 e. The van der Waals surface area contributed by atoms with E-state index in [1.807, 2.05) is 0 Å². The summed E-state index contributed by atoms with van der Waals surface area (Å²) in [6.45, 7) is 7.02. The summed E-state index contributed by atoms with van der Waals surface area (Å²) >= 11 is 0. The van der Waals surface area contributed by atoms with Crippen LogP contribution in [-0.4, -0.2) is 36.3 Å². The average Bonchev–Trinajstić information content (AvgIpc) is 2.65. The predicted molar refractivity (Wildman–Crippen MR) is 71.8 cm³/mol. The predicted octanol–water partition coefficient (Wildman–Crippen LogP) is 1.61. The lowest BCUT2D eigenvalue weighted by molar-refractivity contribution is -0.136. The summed E-state index contributed by atoms with van der Waals surface area (Å²) in [5, 5.41) is 2.56. The molecule has 1 N–H and O–H groups in total. The Labute approximate surface area is 118 Å². The smallest absolute Gasteiger partial charge is 0.335 e. The highest BCUT2D eigenvalue weighted by Gasteiger charge is 2.35. The minimum absolute atomic E-state index is 0.0578. The van der Waals surface area contributed by atoms with Crippen molar-refractivity contribution >= 4 is 19.5 Å². The highest BCUT2D eigenvalue weighted by atomic mass is 31.2. The molecule has 0 aromatic carbocycles. The zero-order valence-corrected chi connectivity index (χ0v) is 12.9. The average molecular weight is 305 g/mol. The molecule has 20 heavy (non-hydrogen) atoms. The number of carbonyl (C=O) groups is 1. The van der Waals surface area contributed by atoms with Gasteiger partial charge in [-0.05, 0) is 34.1 Å². The Hall–Kier alpha value is -1.13. The molecule has 1 fully saturated rings. The van der Waals surface area contributed by atoms with Gasteiger partial charge >= 0.3 is 13.6 Å². The van der Waals surface area contributed by atoms with Gasteiger partial charge < -0.3 is 19.1 Å². The van der Waals surface area contributed by atoms with Crippen molar-refractivity contribution < 1.29 is 27.9 Å². The minimum atomic E-state index is -3.29. The Morgan fingerprint density at radius 1 is 1.30 bits per heavy atom. The number of carbonyl (C=O) groups excluding carboxylic acids is 2. The molecule has 1 saturated heterocycles. The van der Waals surface area contributed by atoms with Crippen molar-refractivity contribution in [2.75, 3.05) is 6.16 Å². The molecule has 1 rings (SSSR count). The van der Waals surface area contributed by atoms with Crippen molar-refractivity contribution in [3.8, 4) is 0 Å². The maximum atomic E-state index is 12.5. The van der Waals surface area contributed by atoms with Crippen molar-refractivity contribution in [3.05, 3.63) is 5.88 Å². The molecule has 0 radical (unpaired) electrons. The van der Waals surface area contributed by atoms with Gasteiger partial charge in [0.1, 0.15) is 6.04 Å². The molecule has 0 aromatic heterocycles. The third-order valence-corrected chi connectivity index (χ3v) is 4.61.